The number of methoxy groups -OCH3 is 2. The van der Waals surface area contributed by atoms with Gasteiger partial charge < -0.3 is 18.9 Å². The number of ether oxygens (including phenoxy) is 4. The Balaban J connectivity index is 4.13. The summed E-state index contributed by atoms with van der Waals surface area (Å²) in [5.41, 5.74) is -0.572. The van der Waals surface area contributed by atoms with Crippen LogP contribution in [0.5, 0.6) is 0 Å². The first-order chi connectivity index (χ1) is 8.87. The van der Waals surface area contributed by atoms with Crippen molar-refractivity contribution in [3.05, 3.63) is 12.2 Å². The van der Waals surface area contributed by atoms with Gasteiger partial charge >= 0.3 is 11.9 Å². The molecule has 0 aliphatic carbocycles. The zero-order valence-electron chi connectivity index (χ0n) is 12.0. The maximum atomic E-state index is 11.9. The Morgan fingerprint density at radius 1 is 1.05 bits per heavy atom. The lowest BCUT2D eigenvalue weighted by Crippen LogP contribution is -2.39. The van der Waals surface area contributed by atoms with E-state index in [4.69, 9.17) is 18.9 Å². The van der Waals surface area contributed by atoms with Gasteiger partial charge in [-0.05, 0) is 13.8 Å². The maximum absolute atomic E-state index is 11.9. The minimum absolute atomic E-state index is 0.00647. The Morgan fingerprint density at radius 3 is 1.95 bits per heavy atom. The highest BCUT2D eigenvalue weighted by molar-refractivity contribution is 5.86. The molecule has 0 heterocycles. The third-order valence-corrected chi connectivity index (χ3v) is 2.32. The molecule has 0 saturated heterocycles. The Labute approximate surface area is 113 Å². The van der Waals surface area contributed by atoms with Gasteiger partial charge in [0.1, 0.15) is 18.6 Å². The summed E-state index contributed by atoms with van der Waals surface area (Å²) in [5.74, 6) is -0.963. The van der Waals surface area contributed by atoms with Crippen LogP contribution in [-0.4, -0.2) is 52.6 Å². The first-order valence-electron chi connectivity index (χ1n) is 5.85. The van der Waals surface area contributed by atoms with Crippen LogP contribution in [0.3, 0.4) is 0 Å². The molecule has 6 heteroatoms. The summed E-state index contributed by atoms with van der Waals surface area (Å²) >= 11 is 0. The summed E-state index contributed by atoms with van der Waals surface area (Å²) in [6.07, 6.45) is 0. The second-order valence-electron chi connectivity index (χ2n) is 4.48. The fourth-order valence-corrected chi connectivity index (χ4v) is 1.36. The van der Waals surface area contributed by atoms with Gasteiger partial charge in [-0.25, -0.2) is 4.79 Å². The summed E-state index contributed by atoms with van der Waals surface area (Å²) in [5, 5.41) is 0. The number of hydrogen-bond donors (Lipinski definition) is 0. The van der Waals surface area contributed by atoms with E-state index in [1.807, 2.05) is 0 Å². The third-order valence-electron chi connectivity index (χ3n) is 2.32. The predicted molar refractivity (Wildman–Crippen MR) is 68.6 cm³/mol. The zero-order valence-corrected chi connectivity index (χ0v) is 12.0. The van der Waals surface area contributed by atoms with Crippen molar-refractivity contribution in [3.8, 4) is 0 Å². The first-order valence-corrected chi connectivity index (χ1v) is 5.85. The first kappa shape index (κ1) is 17.6. The molecular weight excluding hydrogens is 252 g/mol. The van der Waals surface area contributed by atoms with Crippen LogP contribution in [0, 0.1) is 5.41 Å². The lowest BCUT2D eigenvalue weighted by molar-refractivity contribution is -0.165. The van der Waals surface area contributed by atoms with Gasteiger partial charge in [-0.3, -0.25) is 4.79 Å². The molecular formula is C13H22O6. The second kappa shape index (κ2) is 8.66. The summed E-state index contributed by atoms with van der Waals surface area (Å²) in [6, 6.07) is 0. The van der Waals surface area contributed by atoms with E-state index in [2.05, 4.69) is 6.58 Å². The van der Waals surface area contributed by atoms with Crippen LogP contribution in [0.1, 0.15) is 13.8 Å². The molecule has 0 aliphatic rings. The highest BCUT2D eigenvalue weighted by Gasteiger charge is 2.35. The van der Waals surface area contributed by atoms with E-state index >= 15 is 0 Å². The normalized spacial score (nSPS) is 10.9. The van der Waals surface area contributed by atoms with Crippen molar-refractivity contribution in [2.45, 2.75) is 13.8 Å². The van der Waals surface area contributed by atoms with E-state index in [0.717, 1.165) is 0 Å². The van der Waals surface area contributed by atoms with Crippen LogP contribution in [0.25, 0.3) is 0 Å². The molecule has 0 saturated carbocycles. The molecule has 0 amide bonds. The topological polar surface area (TPSA) is 71.1 Å². The number of esters is 2. The number of hydrogen-bond acceptors (Lipinski definition) is 6. The quantitative estimate of drug-likeness (QED) is 0.354. The summed E-state index contributed by atoms with van der Waals surface area (Å²) in [6.45, 7) is 7.02. The smallest absolute Gasteiger partial charge is 0.333 e. The number of carbonyl (C=O) groups is 2. The lowest BCUT2D eigenvalue weighted by Gasteiger charge is -2.25. The standard InChI is InChI=1S/C13H22O6/c1-10(2)11(14)18-6-7-19-12(15)13(3,8-16-4)9-17-5/h1,6-9H2,2-5H3. The highest BCUT2D eigenvalue weighted by Crippen LogP contribution is 2.19. The van der Waals surface area contributed by atoms with Gasteiger partial charge in [0.2, 0.25) is 0 Å². The van der Waals surface area contributed by atoms with Gasteiger partial charge in [-0.15, -0.1) is 0 Å². The highest BCUT2D eigenvalue weighted by atomic mass is 16.6. The van der Waals surface area contributed by atoms with Crippen LogP contribution in [0.2, 0.25) is 0 Å². The van der Waals surface area contributed by atoms with Gasteiger partial charge in [0.15, 0.2) is 0 Å². The minimum Gasteiger partial charge on any atom is -0.462 e. The van der Waals surface area contributed by atoms with Gasteiger partial charge in [-0.2, -0.15) is 0 Å². The van der Waals surface area contributed by atoms with E-state index in [0.29, 0.717) is 5.57 Å². The average Bonchev–Trinajstić information content (AvgIpc) is 2.34. The molecule has 0 spiro atoms. The Hall–Kier alpha value is -1.40. The monoisotopic (exact) mass is 274 g/mol. The SMILES string of the molecule is C=C(C)C(=O)OCCOC(=O)C(C)(COC)COC. The molecule has 0 aliphatic heterocycles. The van der Waals surface area contributed by atoms with Crippen molar-refractivity contribution >= 4 is 11.9 Å². The van der Waals surface area contributed by atoms with E-state index in [-0.39, 0.29) is 26.4 Å². The predicted octanol–water partition coefficient (Wildman–Crippen LogP) is 0.948. The van der Waals surface area contributed by atoms with Crippen LogP contribution < -0.4 is 0 Å². The second-order valence-corrected chi connectivity index (χ2v) is 4.48. The van der Waals surface area contributed by atoms with Gasteiger partial charge in [0, 0.05) is 19.8 Å². The lowest BCUT2D eigenvalue weighted by atomic mass is 9.93. The molecule has 110 valence electrons. The Morgan fingerprint density at radius 2 is 1.53 bits per heavy atom. The molecule has 6 nitrogen and oxygen atoms in total. The molecule has 0 bridgehead atoms. The van der Waals surface area contributed by atoms with Crippen molar-refractivity contribution < 1.29 is 28.5 Å². The number of rotatable bonds is 9. The van der Waals surface area contributed by atoms with Crippen LogP contribution >= 0.6 is 0 Å². The van der Waals surface area contributed by atoms with Crippen LogP contribution in [0.4, 0.5) is 0 Å². The van der Waals surface area contributed by atoms with Gasteiger partial charge in [0.25, 0.3) is 0 Å². The summed E-state index contributed by atoms with van der Waals surface area (Å²) < 4.78 is 19.8. The summed E-state index contributed by atoms with van der Waals surface area (Å²) in [7, 11) is 2.99. The largest absolute Gasteiger partial charge is 0.462 e. The molecule has 0 aromatic heterocycles. The third kappa shape index (κ3) is 6.35. The van der Waals surface area contributed by atoms with Crippen molar-refractivity contribution in [2.24, 2.45) is 5.41 Å². The Kier molecular flexibility index (Phi) is 8.02. The van der Waals surface area contributed by atoms with Crippen molar-refractivity contribution in [1.82, 2.24) is 0 Å². The molecule has 0 radical (unpaired) electrons. The van der Waals surface area contributed by atoms with Crippen LogP contribution in [-0.2, 0) is 28.5 Å². The van der Waals surface area contributed by atoms with E-state index in [9.17, 15) is 9.59 Å². The molecule has 0 aromatic carbocycles. The van der Waals surface area contributed by atoms with Gasteiger partial charge in [-0.1, -0.05) is 6.58 Å². The minimum atomic E-state index is -0.873. The average molecular weight is 274 g/mol. The van der Waals surface area contributed by atoms with Crippen molar-refractivity contribution in [1.29, 1.82) is 0 Å². The van der Waals surface area contributed by atoms with Gasteiger partial charge in [0.05, 0.1) is 13.2 Å². The van der Waals surface area contributed by atoms with Crippen molar-refractivity contribution in [3.63, 3.8) is 0 Å². The van der Waals surface area contributed by atoms with E-state index < -0.39 is 17.4 Å². The fraction of sp³-hybridized carbons (Fsp3) is 0.692. The summed E-state index contributed by atoms with van der Waals surface area (Å²) in [4.78, 5) is 23.0. The molecule has 0 rings (SSSR count). The van der Waals surface area contributed by atoms with Crippen LogP contribution in [0.15, 0.2) is 12.2 Å². The molecule has 0 N–H and O–H groups in total. The Bertz CT molecular complexity index is 317. The maximum Gasteiger partial charge on any atom is 0.333 e. The van der Waals surface area contributed by atoms with E-state index in [1.165, 1.54) is 14.2 Å². The molecule has 0 aromatic rings. The molecule has 19 heavy (non-hydrogen) atoms. The zero-order chi connectivity index (χ0) is 14.9. The fourth-order valence-electron chi connectivity index (χ4n) is 1.36. The van der Waals surface area contributed by atoms with E-state index in [1.54, 1.807) is 13.8 Å². The number of carbonyl (C=O) groups excluding carboxylic acids is 2. The molecule has 0 unspecified atom stereocenters. The molecule has 0 atom stereocenters. The molecule has 0 fully saturated rings. The van der Waals surface area contributed by atoms with Crippen molar-refractivity contribution in [2.75, 3.05) is 40.6 Å².